The molecule has 0 radical (unpaired) electrons. The predicted molar refractivity (Wildman–Crippen MR) is 134 cm³/mol. The van der Waals surface area contributed by atoms with Crippen molar-refractivity contribution in [1.82, 2.24) is 20.4 Å². The van der Waals surface area contributed by atoms with Crippen molar-refractivity contribution in [2.75, 3.05) is 59.5 Å². The Labute approximate surface area is 197 Å². The number of hydrogen-bond acceptors (Lipinski definition) is 5. The first-order valence-corrected chi connectivity index (χ1v) is 11.6. The number of likely N-dealkylation sites (tertiary alicyclic amines) is 1. The van der Waals surface area contributed by atoms with Crippen LogP contribution >= 0.6 is 35.3 Å². The molecule has 0 aromatic carbocycles. The van der Waals surface area contributed by atoms with E-state index in [0.717, 1.165) is 51.9 Å². The van der Waals surface area contributed by atoms with Gasteiger partial charge in [-0.3, -0.25) is 14.8 Å². The molecule has 0 bridgehead atoms. The topological polar surface area (TPSA) is 52.1 Å². The Balaban J connectivity index is 0.00000300. The van der Waals surface area contributed by atoms with E-state index in [9.17, 15) is 0 Å². The lowest BCUT2D eigenvalue weighted by molar-refractivity contribution is 0.0220. The fourth-order valence-corrected chi connectivity index (χ4v) is 5.29. The molecule has 3 unspecified atom stereocenters. The van der Waals surface area contributed by atoms with Gasteiger partial charge < -0.3 is 15.4 Å². The van der Waals surface area contributed by atoms with Gasteiger partial charge in [-0.25, -0.2) is 0 Å². The summed E-state index contributed by atoms with van der Waals surface area (Å²) in [7, 11) is 2.26. The van der Waals surface area contributed by atoms with Crippen LogP contribution in [0.5, 0.6) is 0 Å². The molecule has 3 rings (SSSR count). The second-order valence-corrected chi connectivity index (χ2v) is 8.92. The highest BCUT2D eigenvalue weighted by Gasteiger charge is 2.31. The zero-order chi connectivity index (χ0) is 19.8. The van der Waals surface area contributed by atoms with Crippen LogP contribution in [0.1, 0.15) is 37.6 Å². The van der Waals surface area contributed by atoms with E-state index < -0.39 is 0 Å². The first-order valence-electron chi connectivity index (χ1n) is 10.8. The molecule has 1 aromatic rings. The summed E-state index contributed by atoms with van der Waals surface area (Å²) in [5, 5.41) is 9.26. The molecule has 8 heteroatoms. The second kappa shape index (κ2) is 13.1. The molecule has 29 heavy (non-hydrogen) atoms. The number of nitrogens with zero attached hydrogens (tertiary/aromatic N) is 3. The summed E-state index contributed by atoms with van der Waals surface area (Å²) < 4.78 is 5.46. The van der Waals surface area contributed by atoms with Gasteiger partial charge in [0.05, 0.1) is 19.8 Å². The smallest absolute Gasteiger partial charge is 0.191 e. The third kappa shape index (κ3) is 7.34. The lowest BCUT2D eigenvalue weighted by Crippen LogP contribution is -2.46. The highest BCUT2D eigenvalue weighted by Crippen LogP contribution is 2.36. The number of piperidine rings is 1. The lowest BCUT2D eigenvalue weighted by atomic mass is 9.88. The van der Waals surface area contributed by atoms with E-state index >= 15 is 0 Å². The summed E-state index contributed by atoms with van der Waals surface area (Å²) in [6.45, 7) is 11.9. The van der Waals surface area contributed by atoms with Gasteiger partial charge in [-0.1, -0.05) is 6.07 Å². The number of morpholine rings is 1. The number of halogens is 1. The molecule has 2 fully saturated rings. The SMILES string of the molecule is CCNC(=NCC(C)N1CCOCC1)NCC1CCCN(C)C1c1cccs1.I. The Kier molecular flexibility index (Phi) is 11.2. The van der Waals surface area contributed by atoms with Crippen molar-refractivity contribution < 1.29 is 4.74 Å². The van der Waals surface area contributed by atoms with Crippen molar-refractivity contribution in [3.8, 4) is 0 Å². The van der Waals surface area contributed by atoms with Crippen LogP contribution in [0.4, 0.5) is 0 Å². The van der Waals surface area contributed by atoms with Gasteiger partial charge in [-0.2, -0.15) is 0 Å². The Morgan fingerprint density at radius 2 is 2.10 bits per heavy atom. The van der Waals surface area contributed by atoms with Crippen molar-refractivity contribution in [2.24, 2.45) is 10.9 Å². The van der Waals surface area contributed by atoms with E-state index in [1.807, 2.05) is 11.3 Å². The van der Waals surface area contributed by atoms with Crippen LogP contribution in [0, 0.1) is 5.92 Å². The highest BCUT2D eigenvalue weighted by molar-refractivity contribution is 14.0. The molecule has 6 nitrogen and oxygen atoms in total. The van der Waals surface area contributed by atoms with Crippen LogP contribution in [-0.2, 0) is 4.74 Å². The van der Waals surface area contributed by atoms with Gasteiger partial charge in [0.25, 0.3) is 0 Å². The summed E-state index contributed by atoms with van der Waals surface area (Å²) in [5.41, 5.74) is 0. The number of rotatable bonds is 7. The van der Waals surface area contributed by atoms with Crippen molar-refractivity contribution in [1.29, 1.82) is 0 Å². The van der Waals surface area contributed by atoms with Gasteiger partial charge in [0.2, 0.25) is 0 Å². The summed E-state index contributed by atoms with van der Waals surface area (Å²) in [4.78, 5) is 11.4. The van der Waals surface area contributed by atoms with Gasteiger partial charge in [-0.15, -0.1) is 35.3 Å². The Morgan fingerprint density at radius 3 is 2.79 bits per heavy atom. The average molecular weight is 536 g/mol. The van der Waals surface area contributed by atoms with Crippen molar-refractivity contribution in [3.63, 3.8) is 0 Å². The van der Waals surface area contributed by atoms with E-state index in [2.05, 4.69) is 58.8 Å². The number of aliphatic imine (C=N–C) groups is 1. The molecule has 2 aliphatic heterocycles. The zero-order valence-electron chi connectivity index (χ0n) is 18.1. The number of thiophene rings is 1. The molecule has 0 spiro atoms. The van der Waals surface area contributed by atoms with Crippen LogP contribution in [0.3, 0.4) is 0 Å². The van der Waals surface area contributed by atoms with E-state index in [-0.39, 0.29) is 24.0 Å². The molecule has 1 aromatic heterocycles. The van der Waals surface area contributed by atoms with Crippen LogP contribution < -0.4 is 10.6 Å². The number of hydrogen-bond donors (Lipinski definition) is 2. The van der Waals surface area contributed by atoms with Crippen molar-refractivity contribution in [2.45, 2.75) is 38.8 Å². The highest BCUT2D eigenvalue weighted by atomic mass is 127. The minimum atomic E-state index is 0. The molecule has 0 aliphatic carbocycles. The average Bonchev–Trinajstić information content (AvgIpc) is 3.24. The molecule has 0 saturated carbocycles. The third-order valence-electron chi connectivity index (χ3n) is 5.90. The maximum Gasteiger partial charge on any atom is 0.191 e. The van der Waals surface area contributed by atoms with Crippen LogP contribution in [0.2, 0.25) is 0 Å². The first-order chi connectivity index (χ1) is 13.7. The lowest BCUT2D eigenvalue weighted by Gasteiger charge is -2.39. The third-order valence-corrected chi connectivity index (χ3v) is 6.84. The molecule has 2 saturated heterocycles. The van der Waals surface area contributed by atoms with Gasteiger partial charge in [-0.05, 0) is 57.6 Å². The van der Waals surface area contributed by atoms with E-state index in [4.69, 9.17) is 9.73 Å². The Morgan fingerprint density at radius 1 is 1.31 bits per heavy atom. The van der Waals surface area contributed by atoms with Gasteiger partial charge in [0.1, 0.15) is 0 Å². The number of nitrogens with one attached hydrogen (secondary N) is 2. The molecule has 3 heterocycles. The molecule has 3 atom stereocenters. The molecule has 2 aliphatic rings. The molecule has 0 amide bonds. The normalized spacial score (nSPS) is 25.3. The van der Waals surface area contributed by atoms with Crippen LogP contribution in [-0.4, -0.2) is 81.3 Å². The van der Waals surface area contributed by atoms with Gasteiger partial charge >= 0.3 is 0 Å². The van der Waals surface area contributed by atoms with E-state index in [0.29, 0.717) is 18.0 Å². The fourth-order valence-electron chi connectivity index (χ4n) is 4.31. The maximum atomic E-state index is 5.46. The first kappa shape index (κ1) is 24.8. The zero-order valence-corrected chi connectivity index (χ0v) is 21.2. The van der Waals surface area contributed by atoms with Crippen molar-refractivity contribution >= 4 is 41.3 Å². The number of guanidine groups is 1. The van der Waals surface area contributed by atoms with Crippen molar-refractivity contribution in [3.05, 3.63) is 22.4 Å². The summed E-state index contributed by atoms with van der Waals surface area (Å²) >= 11 is 1.88. The molecular weight excluding hydrogens is 497 g/mol. The van der Waals surface area contributed by atoms with E-state index in [1.54, 1.807) is 0 Å². The molecule has 166 valence electrons. The monoisotopic (exact) mass is 535 g/mol. The van der Waals surface area contributed by atoms with E-state index in [1.165, 1.54) is 24.3 Å². The second-order valence-electron chi connectivity index (χ2n) is 7.94. The Bertz CT molecular complexity index is 594. The Hall–Kier alpha value is -0.420. The molecule has 2 N–H and O–H groups in total. The molecular formula is C21H38IN5OS. The van der Waals surface area contributed by atoms with Gasteiger partial charge in [0.15, 0.2) is 5.96 Å². The van der Waals surface area contributed by atoms with Crippen LogP contribution in [0.15, 0.2) is 22.5 Å². The predicted octanol–water partition coefficient (Wildman–Crippen LogP) is 3.02. The number of ether oxygens (including phenoxy) is 1. The summed E-state index contributed by atoms with van der Waals surface area (Å²) in [6.07, 6.45) is 2.54. The van der Waals surface area contributed by atoms with Crippen LogP contribution in [0.25, 0.3) is 0 Å². The minimum Gasteiger partial charge on any atom is -0.379 e. The standard InChI is InChI=1S/C21H37N5OS.HI/c1-4-22-21(23-15-17(2)26-10-12-27-13-11-26)24-16-18-7-5-9-25(3)20(18)19-8-6-14-28-19;/h6,8,14,17-18,20H,4-5,7,9-13,15-16H2,1-3H3,(H2,22,23,24);1H. The minimum absolute atomic E-state index is 0. The van der Waals surface area contributed by atoms with Gasteiger partial charge in [0, 0.05) is 43.1 Å². The maximum absolute atomic E-state index is 5.46. The quantitative estimate of drug-likeness (QED) is 0.320. The largest absolute Gasteiger partial charge is 0.379 e. The summed E-state index contributed by atoms with van der Waals surface area (Å²) in [5.74, 6) is 1.55. The fraction of sp³-hybridized carbons (Fsp3) is 0.762. The summed E-state index contributed by atoms with van der Waals surface area (Å²) in [6, 6.07) is 5.41.